The highest BCUT2D eigenvalue weighted by atomic mass is 16.5. The molecule has 0 saturated heterocycles. The average Bonchev–Trinajstić information content (AvgIpc) is 2.39. The van der Waals surface area contributed by atoms with E-state index in [2.05, 4.69) is 12.2 Å². The number of unbranched alkanes of at least 4 members (excludes halogenated alkanes) is 3. The van der Waals surface area contributed by atoms with Crippen molar-refractivity contribution < 1.29 is 9.53 Å². The molecule has 1 amide bonds. The third-order valence-corrected chi connectivity index (χ3v) is 2.62. The molecule has 1 rings (SSSR count). The molecule has 1 aromatic carbocycles. The van der Waals surface area contributed by atoms with E-state index in [1.807, 2.05) is 18.2 Å². The van der Waals surface area contributed by atoms with Crippen molar-refractivity contribution in [3.8, 4) is 11.8 Å². The van der Waals surface area contributed by atoms with Gasteiger partial charge < -0.3 is 10.1 Å². The van der Waals surface area contributed by atoms with Crippen molar-refractivity contribution in [1.29, 1.82) is 5.26 Å². The van der Waals surface area contributed by atoms with Gasteiger partial charge in [-0.1, -0.05) is 32.3 Å². The first-order chi connectivity index (χ1) is 9.26. The molecule has 0 bridgehead atoms. The number of carbonyl (C=O) groups is 1. The summed E-state index contributed by atoms with van der Waals surface area (Å²) in [7, 11) is 0. The molecule has 4 heteroatoms. The number of benzene rings is 1. The minimum atomic E-state index is -0.303. The number of nitriles is 1. The number of hydrogen-bond donors (Lipinski definition) is 1. The standard InChI is InChI=1S/C15H20N2O2/c1-2-3-4-5-11-19-14-8-6-7-13(12-14)17-15(18)9-10-16/h6-8,12H,2-5,9,11H2,1H3,(H,17,18). The van der Waals surface area contributed by atoms with Gasteiger partial charge in [-0.25, -0.2) is 0 Å². The highest BCUT2D eigenvalue weighted by Gasteiger charge is 2.02. The van der Waals surface area contributed by atoms with Crippen LogP contribution in [-0.2, 0) is 4.79 Å². The van der Waals surface area contributed by atoms with Crippen LogP contribution in [0.25, 0.3) is 0 Å². The number of hydrogen-bond acceptors (Lipinski definition) is 3. The molecule has 0 fully saturated rings. The van der Waals surface area contributed by atoms with E-state index in [4.69, 9.17) is 10.00 Å². The normalized spacial score (nSPS) is 9.68. The maximum absolute atomic E-state index is 11.3. The maximum atomic E-state index is 11.3. The van der Waals surface area contributed by atoms with Gasteiger partial charge in [0.05, 0.1) is 12.7 Å². The Bertz CT molecular complexity index is 438. The van der Waals surface area contributed by atoms with E-state index in [0.717, 1.165) is 12.2 Å². The minimum Gasteiger partial charge on any atom is -0.494 e. The summed E-state index contributed by atoms with van der Waals surface area (Å²) in [6.45, 7) is 2.86. The molecule has 0 atom stereocenters. The van der Waals surface area contributed by atoms with Gasteiger partial charge in [-0.15, -0.1) is 0 Å². The summed E-state index contributed by atoms with van der Waals surface area (Å²) >= 11 is 0. The number of nitrogens with zero attached hydrogens (tertiary/aromatic N) is 1. The first kappa shape index (κ1) is 15.0. The zero-order chi connectivity index (χ0) is 13.9. The molecule has 0 heterocycles. The summed E-state index contributed by atoms with van der Waals surface area (Å²) in [5.74, 6) is 0.439. The fourth-order valence-electron chi connectivity index (χ4n) is 1.66. The van der Waals surface area contributed by atoms with Crippen LogP contribution < -0.4 is 10.1 Å². The van der Waals surface area contributed by atoms with E-state index in [1.54, 1.807) is 12.1 Å². The van der Waals surface area contributed by atoms with Gasteiger partial charge in [0.2, 0.25) is 5.91 Å². The van der Waals surface area contributed by atoms with Crippen molar-refractivity contribution in [2.24, 2.45) is 0 Å². The third-order valence-electron chi connectivity index (χ3n) is 2.62. The first-order valence-electron chi connectivity index (χ1n) is 6.66. The molecular weight excluding hydrogens is 240 g/mol. The first-order valence-corrected chi connectivity index (χ1v) is 6.66. The summed E-state index contributed by atoms with van der Waals surface area (Å²) in [6, 6.07) is 9.05. The second-order valence-corrected chi connectivity index (χ2v) is 4.32. The van der Waals surface area contributed by atoms with E-state index < -0.39 is 0 Å². The minimum absolute atomic E-state index is 0.137. The van der Waals surface area contributed by atoms with Crippen molar-refractivity contribution in [3.05, 3.63) is 24.3 Å². The summed E-state index contributed by atoms with van der Waals surface area (Å²) < 4.78 is 5.62. The van der Waals surface area contributed by atoms with E-state index in [9.17, 15) is 4.79 Å². The van der Waals surface area contributed by atoms with Gasteiger partial charge in [0.15, 0.2) is 0 Å². The smallest absolute Gasteiger partial charge is 0.238 e. The van der Waals surface area contributed by atoms with Gasteiger partial charge in [-0.05, 0) is 18.6 Å². The number of anilines is 1. The van der Waals surface area contributed by atoms with Gasteiger partial charge in [-0.3, -0.25) is 4.79 Å². The SMILES string of the molecule is CCCCCCOc1cccc(NC(=O)CC#N)c1. The molecule has 0 aliphatic carbocycles. The monoisotopic (exact) mass is 260 g/mol. The van der Waals surface area contributed by atoms with E-state index in [-0.39, 0.29) is 12.3 Å². The van der Waals surface area contributed by atoms with Gasteiger partial charge in [0.25, 0.3) is 0 Å². The predicted molar refractivity (Wildman–Crippen MR) is 74.9 cm³/mol. The molecule has 1 N–H and O–H groups in total. The van der Waals surface area contributed by atoms with Gasteiger partial charge >= 0.3 is 0 Å². The Labute approximate surface area is 114 Å². The second kappa shape index (κ2) is 8.98. The van der Waals surface area contributed by atoms with Crippen LogP contribution >= 0.6 is 0 Å². The molecule has 1 aromatic rings. The summed E-state index contributed by atoms with van der Waals surface area (Å²) in [5, 5.41) is 11.1. The Balaban J connectivity index is 2.39. The maximum Gasteiger partial charge on any atom is 0.238 e. The lowest BCUT2D eigenvalue weighted by Crippen LogP contribution is -2.10. The molecular formula is C15H20N2O2. The molecule has 19 heavy (non-hydrogen) atoms. The van der Waals surface area contributed by atoms with Crippen LogP contribution in [0.15, 0.2) is 24.3 Å². The van der Waals surface area contributed by atoms with Gasteiger partial charge in [-0.2, -0.15) is 5.26 Å². The zero-order valence-corrected chi connectivity index (χ0v) is 11.3. The number of carbonyl (C=O) groups excluding carboxylic acids is 1. The summed E-state index contributed by atoms with van der Waals surface area (Å²) in [5.41, 5.74) is 0.659. The number of amides is 1. The van der Waals surface area contributed by atoms with Crippen LogP contribution in [0.1, 0.15) is 39.0 Å². The predicted octanol–water partition coefficient (Wildman–Crippen LogP) is 3.50. The molecule has 0 spiro atoms. The van der Waals surface area contributed by atoms with Gasteiger partial charge in [0, 0.05) is 11.8 Å². The van der Waals surface area contributed by atoms with Crippen LogP contribution in [0.2, 0.25) is 0 Å². The molecule has 0 aromatic heterocycles. The van der Waals surface area contributed by atoms with Crippen molar-refractivity contribution in [1.82, 2.24) is 0 Å². The molecule has 4 nitrogen and oxygen atoms in total. The third kappa shape index (κ3) is 6.46. The average molecular weight is 260 g/mol. The highest BCUT2D eigenvalue weighted by molar-refractivity contribution is 5.92. The fourth-order valence-corrected chi connectivity index (χ4v) is 1.66. The van der Waals surface area contributed by atoms with Gasteiger partial charge in [0.1, 0.15) is 12.2 Å². The summed E-state index contributed by atoms with van der Waals surface area (Å²) in [6.07, 6.45) is 4.52. The number of ether oxygens (including phenoxy) is 1. The number of rotatable bonds is 8. The van der Waals surface area contributed by atoms with Crippen LogP contribution in [0.4, 0.5) is 5.69 Å². The zero-order valence-electron chi connectivity index (χ0n) is 11.3. The Morgan fingerprint density at radius 3 is 2.95 bits per heavy atom. The molecule has 102 valence electrons. The van der Waals surface area contributed by atoms with Crippen molar-refractivity contribution in [2.45, 2.75) is 39.0 Å². The van der Waals surface area contributed by atoms with E-state index in [1.165, 1.54) is 19.3 Å². The lowest BCUT2D eigenvalue weighted by atomic mass is 10.2. The van der Waals surface area contributed by atoms with Crippen LogP contribution in [0.3, 0.4) is 0 Å². The summed E-state index contributed by atoms with van der Waals surface area (Å²) in [4.78, 5) is 11.3. The topological polar surface area (TPSA) is 62.1 Å². The van der Waals surface area contributed by atoms with Crippen molar-refractivity contribution in [2.75, 3.05) is 11.9 Å². The molecule has 0 aliphatic heterocycles. The van der Waals surface area contributed by atoms with Crippen LogP contribution in [-0.4, -0.2) is 12.5 Å². The molecule has 0 radical (unpaired) electrons. The van der Waals surface area contributed by atoms with E-state index >= 15 is 0 Å². The van der Waals surface area contributed by atoms with Crippen molar-refractivity contribution in [3.63, 3.8) is 0 Å². The molecule has 0 aliphatic rings. The Morgan fingerprint density at radius 2 is 2.21 bits per heavy atom. The highest BCUT2D eigenvalue weighted by Crippen LogP contribution is 2.18. The lowest BCUT2D eigenvalue weighted by molar-refractivity contribution is -0.115. The van der Waals surface area contributed by atoms with Crippen LogP contribution in [0, 0.1) is 11.3 Å². The fraction of sp³-hybridized carbons (Fsp3) is 0.467. The second-order valence-electron chi connectivity index (χ2n) is 4.32. The lowest BCUT2D eigenvalue weighted by Gasteiger charge is -2.08. The molecule has 0 unspecified atom stereocenters. The number of nitrogens with one attached hydrogen (secondary N) is 1. The molecule has 0 saturated carbocycles. The Morgan fingerprint density at radius 1 is 1.37 bits per heavy atom. The Kier molecular flexibility index (Phi) is 7.11. The van der Waals surface area contributed by atoms with Crippen LogP contribution in [0.5, 0.6) is 5.75 Å². The largest absolute Gasteiger partial charge is 0.494 e. The quantitative estimate of drug-likeness (QED) is 0.728. The van der Waals surface area contributed by atoms with Crippen molar-refractivity contribution >= 4 is 11.6 Å². The van der Waals surface area contributed by atoms with E-state index in [0.29, 0.717) is 12.3 Å². The Hall–Kier alpha value is -2.02.